The van der Waals surface area contributed by atoms with E-state index in [0.717, 1.165) is 18.5 Å². The molecule has 0 aromatic heterocycles. The molecule has 0 saturated heterocycles. The summed E-state index contributed by atoms with van der Waals surface area (Å²) >= 11 is 0. The summed E-state index contributed by atoms with van der Waals surface area (Å²) in [6.07, 6.45) is 2.35. The summed E-state index contributed by atoms with van der Waals surface area (Å²) in [5.74, 6) is 0.313. The van der Waals surface area contributed by atoms with Gasteiger partial charge in [0.1, 0.15) is 5.75 Å². The molecule has 2 aromatic carbocycles. The number of nitrogens with one attached hydrogen (secondary N) is 1. The van der Waals surface area contributed by atoms with Crippen LogP contribution in [0.4, 0.5) is 5.69 Å². The number of hydrogen-bond acceptors (Lipinski definition) is 2. The molecule has 0 atom stereocenters. The molecule has 0 unspecified atom stereocenters. The lowest BCUT2D eigenvalue weighted by Crippen LogP contribution is -2.11. The molecular weight excluding hydrogens is 210 g/mol. The molecule has 0 radical (unpaired) electrons. The number of anilines is 1. The van der Waals surface area contributed by atoms with E-state index in [1.54, 1.807) is 12.1 Å². The predicted molar refractivity (Wildman–Crippen MR) is 70.4 cm³/mol. The minimum Gasteiger partial charge on any atom is -0.508 e. The number of benzene rings is 2. The number of aromatic hydroxyl groups is 1. The van der Waals surface area contributed by atoms with Gasteiger partial charge in [-0.15, -0.1) is 0 Å². The molecule has 1 heterocycles. The number of fused-ring (bicyclic) bond motifs is 1. The Hall–Kier alpha value is -1.96. The molecule has 0 saturated carbocycles. The Morgan fingerprint density at radius 3 is 2.53 bits per heavy atom. The van der Waals surface area contributed by atoms with E-state index in [2.05, 4.69) is 23.5 Å². The summed E-state index contributed by atoms with van der Waals surface area (Å²) in [4.78, 5) is 0. The molecule has 2 N–H and O–H groups in total. The van der Waals surface area contributed by atoms with Gasteiger partial charge in [0.15, 0.2) is 0 Å². The highest BCUT2D eigenvalue weighted by atomic mass is 16.3. The molecule has 0 aliphatic carbocycles. The summed E-state index contributed by atoms with van der Waals surface area (Å²) in [5.41, 5.74) is 5.02. The van der Waals surface area contributed by atoms with E-state index in [9.17, 15) is 5.11 Å². The van der Waals surface area contributed by atoms with Gasteiger partial charge in [-0.05, 0) is 53.8 Å². The monoisotopic (exact) mass is 225 g/mol. The van der Waals surface area contributed by atoms with Gasteiger partial charge in [-0.1, -0.05) is 18.2 Å². The molecule has 0 amide bonds. The van der Waals surface area contributed by atoms with Crippen molar-refractivity contribution in [1.29, 1.82) is 0 Å². The second-order valence-electron chi connectivity index (χ2n) is 4.45. The van der Waals surface area contributed by atoms with Crippen LogP contribution in [0.2, 0.25) is 0 Å². The van der Waals surface area contributed by atoms with Gasteiger partial charge >= 0.3 is 0 Å². The third-order valence-electron chi connectivity index (χ3n) is 3.24. The van der Waals surface area contributed by atoms with Crippen LogP contribution in [0, 0.1) is 0 Å². The number of aryl methyl sites for hydroxylation is 1. The largest absolute Gasteiger partial charge is 0.508 e. The molecule has 2 aromatic rings. The fourth-order valence-electron chi connectivity index (χ4n) is 2.31. The minimum absolute atomic E-state index is 0.313. The number of phenolic OH excluding ortho intramolecular Hbond substituents is 1. The van der Waals surface area contributed by atoms with Crippen LogP contribution in [0.3, 0.4) is 0 Å². The number of hydrogen-bond donors (Lipinski definition) is 2. The van der Waals surface area contributed by atoms with Gasteiger partial charge in [-0.2, -0.15) is 0 Å². The van der Waals surface area contributed by atoms with Crippen molar-refractivity contribution in [2.45, 2.75) is 12.8 Å². The van der Waals surface area contributed by atoms with Gasteiger partial charge in [0.2, 0.25) is 0 Å². The zero-order valence-corrected chi connectivity index (χ0v) is 9.61. The van der Waals surface area contributed by atoms with Crippen LogP contribution in [0.15, 0.2) is 42.5 Å². The van der Waals surface area contributed by atoms with Gasteiger partial charge < -0.3 is 10.4 Å². The van der Waals surface area contributed by atoms with Crippen LogP contribution in [0.1, 0.15) is 12.0 Å². The average molecular weight is 225 g/mol. The molecule has 1 aliphatic rings. The number of phenols is 1. The standard InChI is InChI=1S/C15H15NO/c17-14-6-3-11(4-7-14)12-5-8-15-13(10-12)2-1-9-16-15/h3-8,10,16-17H,1-2,9H2. The van der Waals surface area contributed by atoms with E-state index in [1.807, 2.05) is 12.1 Å². The van der Waals surface area contributed by atoms with Crippen LogP contribution in [0.25, 0.3) is 11.1 Å². The zero-order chi connectivity index (χ0) is 11.7. The molecule has 1 aliphatic heterocycles. The first-order chi connectivity index (χ1) is 8.33. The molecule has 3 rings (SSSR count). The van der Waals surface area contributed by atoms with Crippen molar-refractivity contribution < 1.29 is 5.11 Å². The highest BCUT2D eigenvalue weighted by Gasteiger charge is 2.09. The first-order valence-electron chi connectivity index (χ1n) is 5.99. The van der Waals surface area contributed by atoms with Gasteiger partial charge in [-0.3, -0.25) is 0 Å². The first kappa shape index (κ1) is 10.2. The highest BCUT2D eigenvalue weighted by molar-refractivity contribution is 5.69. The first-order valence-corrected chi connectivity index (χ1v) is 5.99. The van der Waals surface area contributed by atoms with Gasteiger partial charge in [-0.25, -0.2) is 0 Å². The third kappa shape index (κ3) is 1.98. The van der Waals surface area contributed by atoms with Crippen molar-refractivity contribution in [2.75, 3.05) is 11.9 Å². The van der Waals surface area contributed by atoms with Crippen LogP contribution in [-0.4, -0.2) is 11.7 Å². The Balaban J connectivity index is 2.01. The Morgan fingerprint density at radius 1 is 0.941 bits per heavy atom. The quantitative estimate of drug-likeness (QED) is 0.779. The topological polar surface area (TPSA) is 32.3 Å². The van der Waals surface area contributed by atoms with Crippen LogP contribution in [-0.2, 0) is 6.42 Å². The van der Waals surface area contributed by atoms with Crippen molar-refractivity contribution in [1.82, 2.24) is 0 Å². The van der Waals surface area contributed by atoms with Crippen molar-refractivity contribution in [3.05, 3.63) is 48.0 Å². The predicted octanol–water partition coefficient (Wildman–Crippen LogP) is 3.42. The maximum Gasteiger partial charge on any atom is 0.115 e. The lowest BCUT2D eigenvalue weighted by molar-refractivity contribution is 0.475. The number of rotatable bonds is 1. The van der Waals surface area contributed by atoms with Crippen LogP contribution < -0.4 is 5.32 Å². The van der Waals surface area contributed by atoms with Crippen molar-refractivity contribution in [3.8, 4) is 16.9 Å². The Kier molecular flexibility index (Phi) is 2.48. The summed E-state index contributed by atoms with van der Waals surface area (Å²) in [7, 11) is 0. The second kappa shape index (κ2) is 4.13. The van der Waals surface area contributed by atoms with E-state index in [4.69, 9.17) is 0 Å². The molecule has 0 fully saturated rings. The lowest BCUT2D eigenvalue weighted by Gasteiger charge is -2.18. The molecule has 0 spiro atoms. The molecular formula is C15H15NO. The summed E-state index contributed by atoms with van der Waals surface area (Å²) < 4.78 is 0. The summed E-state index contributed by atoms with van der Waals surface area (Å²) in [6, 6.07) is 13.9. The van der Waals surface area contributed by atoms with Gasteiger partial charge in [0.05, 0.1) is 0 Å². The fourth-order valence-corrected chi connectivity index (χ4v) is 2.31. The average Bonchev–Trinajstić information content (AvgIpc) is 2.39. The minimum atomic E-state index is 0.313. The van der Waals surface area contributed by atoms with Crippen LogP contribution >= 0.6 is 0 Å². The SMILES string of the molecule is Oc1ccc(-c2ccc3c(c2)CCCN3)cc1. The Bertz CT molecular complexity index is 531. The lowest BCUT2D eigenvalue weighted by atomic mass is 9.97. The van der Waals surface area contributed by atoms with Gasteiger partial charge in [0.25, 0.3) is 0 Å². The van der Waals surface area contributed by atoms with Crippen molar-refractivity contribution >= 4 is 5.69 Å². The van der Waals surface area contributed by atoms with E-state index in [-0.39, 0.29) is 0 Å². The van der Waals surface area contributed by atoms with E-state index in [1.165, 1.54) is 23.2 Å². The highest BCUT2D eigenvalue weighted by Crippen LogP contribution is 2.28. The molecule has 17 heavy (non-hydrogen) atoms. The summed E-state index contributed by atoms with van der Waals surface area (Å²) in [5, 5.41) is 12.7. The van der Waals surface area contributed by atoms with Crippen LogP contribution in [0.5, 0.6) is 5.75 Å². The summed E-state index contributed by atoms with van der Waals surface area (Å²) in [6.45, 7) is 1.07. The second-order valence-corrected chi connectivity index (χ2v) is 4.45. The molecule has 86 valence electrons. The smallest absolute Gasteiger partial charge is 0.115 e. The molecule has 2 heteroatoms. The fraction of sp³-hybridized carbons (Fsp3) is 0.200. The van der Waals surface area contributed by atoms with Crippen molar-refractivity contribution in [2.24, 2.45) is 0 Å². The van der Waals surface area contributed by atoms with Gasteiger partial charge in [0, 0.05) is 12.2 Å². The van der Waals surface area contributed by atoms with Crippen molar-refractivity contribution in [3.63, 3.8) is 0 Å². The zero-order valence-electron chi connectivity index (χ0n) is 9.61. The molecule has 0 bridgehead atoms. The van der Waals surface area contributed by atoms with E-state index < -0.39 is 0 Å². The Labute approximate surface area is 101 Å². The van der Waals surface area contributed by atoms with E-state index in [0.29, 0.717) is 5.75 Å². The maximum atomic E-state index is 9.29. The molecule has 2 nitrogen and oxygen atoms in total. The third-order valence-corrected chi connectivity index (χ3v) is 3.24. The van der Waals surface area contributed by atoms with E-state index >= 15 is 0 Å². The Morgan fingerprint density at radius 2 is 1.71 bits per heavy atom. The maximum absolute atomic E-state index is 9.29. The normalized spacial score (nSPS) is 13.9.